The molecule has 0 aliphatic rings. The van der Waals surface area contributed by atoms with Gasteiger partial charge in [0.2, 0.25) is 0 Å². The van der Waals surface area contributed by atoms with Crippen LogP contribution in [0.2, 0.25) is 0 Å². The molecule has 40 heteroatoms. The number of quaternary nitrogens is 2. The second kappa shape index (κ2) is 255. The first-order valence-corrected chi connectivity index (χ1v) is 16.2. The fourth-order valence-corrected chi connectivity index (χ4v) is 5.29. The fraction of sp³-hybridized carbons (Fsp3) is 1.00. The Bertz CT molecular complexity index is 372. The zero-order valence-electron chi connectivity index (χ0n) is 41.9. The monoisotopic (exact) mass is 1450 g/mol. The van der Waals surface area contributed by atoms with Crippen LogP contribution in [0.5, 0.6) is 0 Å². The van der Waals surface area contributed by atoms with E-state index in [2.05, 4.69) is 55.4 Å². The molecule has 4 N–H and O–H groups in total. The van der Waals surface area contributed by atoms with E-state index in [1.165, 1.54) is 164 Å². The van der Waals surface area contributed by atoms with Crippen molar-refractivity contribution in [3.8, 4) is 0 Å². The second-order valence-corrected chi connectivity index (χ2v) is 11.3. The zero-order chi connectivity index (χ0) is 26.0. The van der Waals surface area contributed by atoms with Crippen LogP contribution in [0.4, 0.5) is 0 Å². The summed E-state index contributed by atoms with van der Waals surface area (Å²) in [7, 11) is 0. The van der Waals surface area contributed by atoms with Crippen LogP contribution in [0.25, 0.3) is 0 Å². The number of nitrogens with zero attached hydrogens (tertiary/aromatic N) is 2. The molecule has 0 bridgehead atoms. The summed E-state index contributed by atoms with van der Waals surface area (Å²) in [5.41, 5.74) is 0. The van der Waals surface area contributed by atoms with Gasteiger partial charge in [-0.2, -0.15) is 0 Å². The van der Waals surface area contributed by atoms with Crippen molar-refractivity contribution >= 4 is 0 Å². The topological polar surface area (TPSA) is 804 Å². The van der Waals surface area contributed by atoms with Gasteiger partial charge in [0.1, 0.15) is 0 Å². The van der Waals surface area contributed by atoms with Gasteiger partial charge < -0.3 is 162 Å². The number of hydrogen-bond acceptors (Lipinski definition) is 4. The third-order valence-electron chi connectivity index (χ3n) is 7.89. The van der Waals surface area contributed by atoms with E-state index >= 15 is 0 Å². The van der Waals surface area contributed by atoms with Crippen LogP contribution in [-0.4, -0.2) is 83.2 Å². The minimum atomic E-state index is 0. The van der Waals surface area contributed by atoms with Gasteiger partial charge >= 0.3 is 0 Å². The standard InChI is InChI=1S/2C16H36N.4H2O.24O.10V/c2*1-5-9-13-17(14-10-6-2,15-11-7-3)16-12-8-4;;;;;;;;;;;;;;;;;;;;;;;;;;;;;;;;;;;;;;/h2*5-16H2,1-4H3;4*1H2;;;;;;;;;;;;;;;;;;;;;;;;;;;;;;;;;;/q2*+1;;;;;24*-2;;;;;;;;;;/p-4. The molecule has 0 aliphatic heterocycles. The van der Waals surface area contributed by atoms with Crippen molar-refractivity contribution in [3.63, 3.8) is 0 Å². The average Bonchev–Trinajstić information content (AvgIpc) is 2.87. The molecule has 72 heavy (non-hydrogen) atoms. The summed E-state index contributed by atoms with van der Waals surface area (Å²) < 4.78 is 2.84. The normalized spacial score (nSPS) is 5.67. The average molecular weight is 1450 g/mol. The van der Waals surface area contributed by atoms with E-state index in [1.807, 2.05) is 0 Å². The van der Waals surface area contributed by atoms with E-state index < -0.39 is 0 Å². The molecule has 482 valence electrons. The maximum absolute atomic E-state index is 2.33. The van der Waals surface area contributed by atoms with Gasteiger partial charge in [-0.05, 0) is 51.4 Å². The van der Waals surface area contributed by atoms with Crippen LogP contribution in [-0.2, 0) is 317 Å². The summed E-state index contributed by atoms with van der Waals surface area (Å²) in [6.07, 6.45) is 22.1. The molecule has 0 fully saturated rings. The van der Waals surface area contributed by atoms with Crippen molar-refractivity contribution in [1.82, 2.24) is 0 Å². The molecule has 0 saturated carbocycles. The minimum Gasteiger partial charge on any atom is -2.00 e. The molecule has 0 aromatic heterocycles. The van der Waals surface area contributed by atoms with Crippen LogP contribution in [0.1, 0.15) is 158 Å². The van der Waals surface area contributed by atoms with Gasteiger partial charge in [-0.15, -0.1) is 0 Å². The van der Waals surface area contributed by atoms with Crippen LogP contribution in [0.15, 0.2) is 0 Å². The predicted octanol–water partition coefficient (Wildman–Crippen LogP) is 6.42. The van der Waals surface area contributed by atoms with E-state index in [-0.39, 0.29) is 339 Å². The van der Waals surface area contributed by atoms with Gasteiger partial charge in [-0.3, -0.25) is 0 Å². The van der Waals surface area contributed by atoms with E-state index in [9.17, 15) is 0 Å². The third-order valence-corrected chi connectivity index (χ3v) is 7.89. The molecule has 0 aromatic carbocycles. The SMILES string of the molecule is CCCC[N+](CCCC)(CCCC)CCCC.CCCC[N+](CCCC)(CCCC)CCCC.[O-2].[O-2].[O-2].[O-2].[O-2].[O-2].[O-2].[O-2].[O-2].[O-2].[O-2].[O-2].[O-2].[O-2].[O-2].[O-2].[O-2].[O-2].[O-2].[O-2].[O-2].[O-2].[O-2].[O-2].[OH-].[OH-].[OH-].[OH-].[V].[V].[V].[V].[V].[V].[V].[V].[V].[V]. The first kappa shape index (κ1) is 327. The van der Waals surface area contributed by atoms with E-state index in [1.54, 1.807) is 0 Å². The summed E-state index contributed by atoms with van der Waals surface area (Å²) >= 11 is 0. The molecule has 0 amide bonds. The molecule has 0 aliphatic carbocycles. The Morgan fingerprint density at radius 3 is 0.250 bits per heavy atom. The van der Waals surface area contributed by atoms with Gasteiger partial charge in [-0.25, -0.2) is 0 Å². The van der Waals surface area contributed by atoms with Crippen molar-refractivity contribution in [2.75, 3.05) is 52.4 Å². The van der Waals surface area contributed by atoms with Crippen molar-refractivity contribution in [2.24, 2.45) is 0 Å². The van der Waals surface area contributed by atoms with Crippen LogP contribution >= 0.6 is 0 Å². The Balaban J connectivity index is -0.00000000490. The van der Waals surface area contributed by atoms with Gasteiger partial charge in [0.25, 0.3) is 0 Å². The minimum absolute atomic E-state index is 0. The predicted molar refractivity (Wildman–Crippen MR) is 183 cm³/mol. The van der Waals surface area contributed by atoms with Crippen molar-refractivity contribution in [2.45, 2.75) is 158 Å². The van der Waals surface area contributed by atoms with E-state index in [0.717, 1.165) is 0 Å². The van der Waals surface area contributed by atoms with E-state index in [4.69, 9.17) is 0 Å². The fourth-order valence-electron chi connectivity index (χ4n) is 5.29. The smallest absolute Gasteiger partial charge is 0.0786 e. The van der Waals surface area contributed by atoms with Crippen LogP contribution in [0, 0.1) is 0 Å². The molecule has 10 radical (unpaired) electrons. The molecule has 0 rings (SSSR count). The van der Waals surface area contributed by atoms with Crippen molar-refractivity contribution in [1.29, 1.82) is 0 Å². The Morgan fingerprint density at radius 1 is 0.153 bits per heavy atom. The Hall–Kier alpha value is 4.64. The van der Waals surface area contributed by atoms with Gasteiger partial charge in [-0.1, -0.05) is 107 Å². The summed E-state index contributed by atoms with van der Waals surface area (Å²) in [5, 5.41) is 0. The first-order valence-electron chi connectivity index (χ1n) is 16.2. The quantitative estimate of drug-likeness (QED) is 0.0986. The zero-order valence-corrected chi connectivity index (χ0v) is 55.9. The van der Waals surface area contributed by atoms with Gasteiger partial charge in [0.15, 0.2) is 0 Å². The third kappa shape index (κ3) is 203. The molecule has 0 spiro atoms. The number of hydrogen-bond donors (Lipinski definition) is 0. The largest absolute Gasteiger partial charge is 2.00 e. The summed E-state index contributed by atoms with van der Waals surface area (Å²) in [4.78, 5) is 0. The Labute approximate surface area is 553 Å². The maximum Gasteiger partial charge on any atom is 0.0786 e. The Kier molecular flexibility index (Phi) is 1160. The summed E-state index contributed by atoms with van der Waals surface area (Å²) in [6, 6.07) is 0. The molecule has 30 nitrogen and oxygen atoms in total. The molecule has 0 saturated heterocycles. The summed E-state index contributed by atoms with van der Waals surface area (Å²) in [6.45, 7) is 30.0. The first-order chi connectivity index (χ1) is 16.5. The van der Waals surface area contributed by atoms with Crippen LogP contribution < -0.4 is 0 Å². The molecular formula is C32H76N2O28V10-50. The molecular weight excluding hydrogens is 1370 g/mol. The summed E-state index contributed by atoms with van der Waals surface area (Å²) in [5.74, 6) is 0. The van der Waals surface area contributed by atoms with E-state index in [0.29, 0.717) is 0 Å². The van der Waals surface area contributed by atoms with Gasteiger partial charge in [0, 0.05) is 186 Å². The van der Waals surface area contributed by atoms with Gasteiger partial charge in [0.05, 0.1) is 52.4 Å². The molecule has 0 aromatic rings. The molecule has 0 heterocycles. The number of unbranched alkanes of at least 4 members (excludes halogenated alkanes) is 8. The molecule has 0 atom stereocenters. The van der Waals surface area contributed by atoms with Crippen molar-refractivity contribution < 1.29 is 348 Å². The molecule has 0 unspecified atom stereocenters. The maximum atomic E-state index is 2.33. The van der Waals surface area contributed by atoms with Crippen LogP contribution in [0.3, 0.4) is 0 Å². The number of rotatable bonds is 24. The Morgan fingerprint density at radius 2 is 0.208 bits per heavy atom. The second-order valence-electron chi connectivity index (χ2n) is 11.3. The van der Waals surface area contributed by atoms with Crippen molar-refractivity contribution in [3.05, 3.63) is 0 Å².